The molecule has 1 aromatic carbocycles. The Bertz CT molecular complexity index is 1690. The van der Waals surface area contributed by atoms with E-state index in [0.717, 1.165) is 41.9 Å². The van der Waals surface area contributed by atoms with Crippen LogP contribution in [0, 0.1) is 5.82 Å². The first kappa shape index (κ1) is 24.9. The topological polar surface area (TPSA) is 116 Å². The molecule has 4 aromatic heterocycles. The molecule has 1 aliphatic heterocycles. The third kappa shape index (κ3) is 4.42. The van der Waals surface area contributed by atoms with E-state index >= 15 is 4.39 Å². The van der Waals surface area contributed by atoms with Crippen molar-refractivity contribution in [2.45, 2.75) is 44.3 Å². The Morgan fingerprint density at radius 2 is 1.93 bits per heavy atom. The lowest BCUT2D eigenvalue weighted by Gasteiger charge is -2.24. The first-order valence-corrected chi connectivity index (χ1v) is 14.2. The van der Waals surface area contributed by atoms with Crippen LogP contribution in [0.15, 0.2) is 54.4 Å². The standard InChI is InChI=1S/C28H27FN8O2S/c29-22-4-1-17(13-20(22)28(38)35(18-2-3-18)15-25-31-9-12-40-25)24-14-21(26-27(30)32-16-34-37(24)26)23-5-8-33-36(23)19-6-10-39-11-7-19/h1,4-5,8-9,12-14,16,18-19H,2-3,6-7,10-11,15H2,(H2,30,32,34). The zero-order chi connectivity index (χ0) is 27.2. The van der Waals surface area contributed by atoms with Gasteiger partial charge in [-0.1, -0.05) is 0 Å². The van der Waals surface area contributed by atoms with Gasteiger partial charge >= 0.3 is 0 Å². The van der Waals surface area contributed by atoms with Crippen molar-refractivity contribution in [1.29, 1.82) is 0 Å². The lowest BCUT2D eigenvalue weighted by Crippen LogP contribution is -2.33. The van der Waals surface area contributed by atoms with Gasteiger partial charge in [0.25, 0.3) is 5.91 Å². The second-order valence-corrected chi connectivity index (χ2v) is 11.1. The zero-order valence-electron chi connectivity index (χ0n) is 21.6. The Balaban J connectivity index is 1.31. The van der Waals surface area contributed by atoms with Gasteiger partial charge in [-0.2, -0.15) is 10.2 Å². The fourth-order valence-electron chi connectivity index (χ4n) is 5.45. The monoisotopic (exact) mass is 558 g/mol. The van der Waals surface area contributed by atoms with Crippen LogP contribution >= 0.6 is 11.3 Å². The van der Waals surface area contributed by atoms with E-state index in [1.54, 1.807) is 33.9 Å². The second-order valence-electron chi connectivity index (χ2n) is 10.1. The molecule has 0 bridgehead atoms. The van der Waals surface area contributed by atoms with E-state index in [1.165, 1.54) is 23.7 Å². The van der Waals surface area contributed by atoms with Gasteiger partial charge < -0.3 is 15.4 Å². The fraction of sp³-hybridized carbons (Fsp3) is 0.321. The van der Waals surface area contributed by atoms with E-state index in [4.69, 9.17) is 10.5 Å². The molecule has 1 saturated heterocycles. The molecule has 1 saturated carbocycles. The summed E-state index contributed by atoms with van der Waals surface area (Å²) in [5, 5.41) is 11.8. The van der Waals surface area contributed by atoms with Crippen LogP contribution in [0.3, 0.4) is 0 Å². The van der Waals surface area contributed by atoms with E-state index in [1.807, 2.05) is 22.2 Å². The maximum absolute atomic E-state index is 15.2. The summed E-state index contributed by atoms with van der Waals surface area (Å²) in [6.07, 6.45) is 8.42. The first-order chi connectivity index (χ1) is 19.6. The van der Waals surface area contributed by atoms with Crippen LogP contribution in [0.2, 0.25) is 0 Å². The summed E-state index contributed by atoms with van der Waals surface area (Å²) in [6, 6.07) is 8.81. The Hall–Kier alpha value is -4.16. The normalized spacial score (nSPS) is 16.0. The van der Waals surface area contributed by atoms with Gasteiger partial charge in [0.2, 0.25) is 0 Å². The Labute approximate surface area is 233 Å². The minimum absolute atomic E-state index is 0.0201. The van der Waals surface area contributed by atoms with Gasteiger partial charge in [0.1, 0.15) is 22.7 Å². The highest BCUT2D eigenvalue weighted by atomic mass is 32.1. The number of carbonyl (C=O) groups is 1. The predicted molar refractivity (Wildman–Crippen MR) is 148 cm³/mol. The van der Waals surface area contributed by atoms with E-state index in [2.05, 4.69) is 20.2 Å². The minimum Gasteiger partial charge on any atom is -0.382 e. The molecule has 10 nitrogen and oxygen atoms in total. The predicted octanol–water partition coefficient (Wildman–Crippen LogP) is 4.59. The van der Waals surface area contributed by atoms with Gasteiger partial charge in [-0.25, -0.2) is 18.9 Å². The molecule has 2 fully saturated rings. The molecule has 40 heavy (non-hydrogen) atoms. The van der Waals surface area contributed by atoms with Crippen LogP contribution in [0.5, 0.6) is 0 Å². The molecule has 2 N–H and O–H groups in total. The number of fused-ring (bicyclic) bond motifs is 1. The summed E-state index contributed by atoms with van der Waals surface area (Å²) in [7, 11) is 0. The SMILES string of the molecule is Nc1ncnn2c(-c3ccc(F)c(C(=O)N(Cc4nccs4)C4CC4)c3)cc(-c3ccnn3C3CCOCC3)c12. The number of aromatic nitrogens is 6. The summed E-state index contributed by atoms with van der Waals surface area (Å²) in [5.74, 6) is -0.589. The van der Waals surface area contributed by atoms with Gasteiger partial charge in [0, 0.05) is 48.2 Å². The molecule has 1 amide bonds. The van der Waals surface area contributed by atoms with Crippen molar-refractivity contribution in [1.82, 2.24) is 34.3 Å². The van der Waals surface area contributed by atoms with E-state index in [9.17, 15) is 4.79 Å². The van der Waals surface area contributed by atoms with Crippen LogP contribution in [0.4, 0.5) is 10.2 Å². The van der Waals surface area contributed by atoms with Crippen molar-refractivity contribution in [2.75, 3.05) is 18.9 Å². The number of nitrogens with two attached hydrogens (primary N) is 1. The molecule has 0 spiro atoms. The lowest BCUT2D eigenvalue weighted by molar-refractivity contribution is 0.0667. The summed E-state index contributed by atoms with van der Waals surface area (Å²) in [5.41, 5.74) is 10.1. The van der Waals surface area contributed by atoms with Crippen LogP contribution in [-0.2, 0) is 11.3 Å². The Morgan fingerprint density at radius 3 is 2.70 bits per heavy atom. The lowest BCUT2D eigenvalue weighted by atomic mass is 10.0. The van der Waals surface area contributed by atoms with Gasteiger partial charge in [-0.05, 0) is 56.0 Å². The van der Waals surface area contributed by atoms with E-state index < -0.39 is 5.82 Å². The first-order valence-electron chi connectivity index (χ1n) is 13.3. The van der Waals surface area contributed by atoms with Crippen molar-refractivity contribution in [2.24, 2.45) is 0 Å². The van der Waals surface area contributed by atoms with Crippen molar-refractivity contribution in [3.63, 3.8) is 0 Å². The van der Waals surface area contributed by atoms with Crippen molar-refractivity contribution in [3.05, 3.63) is 70.8 Å². The summed E-state index contributed by atoms with van der Waals surface area (Å²) in [6.45, 7) is 1.73. The second kappa shape index (κ2) is 10.1. The molecule has 0 atom stereocenters. The molecule has 5 heterocycles. The highest BCUT2D eigenvalue weighted by Gasteiger charge is 2.35. The minimum atomic E-state index is -0.564. The molecule has 12 heteroatoms. The number of nitrogens with zero attached hydrogens (tertiary/aromatic N) is 7. The van der Waals surface area contributed by atoms with Crippen LogP contribution < -0.4 is 5.73 Å². The summed E-state index contributed by atoms with van der Waals surface area (Å²) in [4.78, 5) is 24.0. The third-order valence-corrected chi connectivity index (χ3v) is 8.36. The molecular formula is C28H27FN8O2S. The van der Waals surface area contributed by atoms with E-state index in [0.29, 0.717) is 42.4 Å². The third-order valence-electron chi connectivity index (χ3n) is 7.60. The van der Waals surface area contributed by atoms with Crippen LogP contribution in [0.25, 0.3) is 28.0 Å². The highest BCUT2D eigenvalue weighted by molar-refractivity contribution is 7.09. The van der Waals surface area contributed by atoms with Crippen molar-refractivity contribution in [3.8, 4) is 22.5 Å². The molecule has 1 aliphatic carbocycles. The molecule has 2 aliphatic rings. The number of halogens is 1. The largest absolute Gasteiger partial charge is 0.382 e. The van der Waals surface area contributed by atoms with Gasteiger partial charge in [-0.3, -0.25) is 9.48 Å². The summed E-state index contributed by atoms with van der Waals surface area (Å²) >= 11 is 1.49. The maximum atomic E-state index is 15.2. The fourth-order valence-corrected chi connectivity index (χ4v) is 6.06. The average molecular weight is 559 g/mol. The van der Waals surface area contributed by atoms with Crippen molar-refractivity contribution >= 4 is 28.6 Å². The van der Waals surface area contributed by atoms with Gasteiger partial charge in [0.05, 0.1) is 29.5 Å². The quantitative estimate of drug-likeness (QED) is 0.310. The van der Waals surface area contributed by atoms with Gasteiger partial charge in [-0.15, -0.1) is 11.3 Å². The molecule has 0 radical (unpaired) electrons. The molecular weight excluding hydrogens is 531 g/mol. The maximum Gasteiger partial charge on any atom is 0.257 e. The number of carbonyl (C=O) groups excluding carboxylic acids is 1. The zero-order valence-corrected chi connectivity index (χ0v) is 22.4. The Morgan fingerprint density at radius 1 is 1.07 bits per heavy atom. The number of hydrogen-bond acceptors (Lipinski definition) is 8. The molecule has 204 valence electrons. The van der Waals surface area contributed by atoms with Crippen LogP contribution in [0.1, 0.15) is 47.1 Å². The highest BCUT2D eigenvalue weighted by Crippen LogP contribution is 2.37. The molecule has 5 aromatic rings. The van der Waals surface area contributed by atoms with Gasteiger partial charge in [0.15, 0.2) is 5.82 Å². The number of hydrogen-bond donors (Lipinski definition) is 1. The van der Waals surface area contributed by atoms with Crippen molar-refractivity contribution < 1.29 is 13.9 Å². The number of ether oxygens (including phenoxy) is 1. The smallest absolute Gasteiger partial charge is 0.257 e. The molecule has 7 rings (SSSR count). The summed E-state index contributed by atoms with van der Waals surface area (Å²) < 4.78 is 24.5. The average Bonchev–Trinajstić information content (AvgIpc) is 3.34. The number of benzene rings is 1. The van der Waals surface area contributed by atoms with E-state index in [-0.39, 0.29) is 23.6 Å². The number of thiazole rings is 1. The van der Waals surface area contributed by atoms with Crippen LogP contribution in [-0.4, -0.2) is 59.4 Å². The Kier molecular flexibility index (Phi) is 6.28. The molecule has 0 unspecified atom stereocenters. The number of nitrogen functional groups attached to an aromatic ring is 1. The number of anilines is 1. The number of amides is 1. The number of rotatable bonds is 7.